The number of hydrogen-bond acceptors (Lipinski definition) is 5. The van der Waals surface area contributed by atoms with Gasteiger partial charge in [-0.2, -0.15) is 0 Å². The first-order chi connectivity index (χ1) is 19.4. The molecule has 2 aliphatic rings. The van der Waals surface area contributed by atoms with Gasteiger partial charge in [-0.3, -0.25) is 24.6 Å². The zero-order valence-corrected chi connectivity index (χ0v) is 21.9. The van der Waals surface area contributed by atoms with Crippen molar-refractivity contribution in [3.8, 4) is 0 Å². The van der Waals surface area contributed by atoms with Gasteiger partial charge in [0.1, 0.15) is 0 Å². The molecule has 0 unspecified atom stereocenters. The predicted octanol–water partition coefficient (Wildman–Crippen LogP) is 7.12. The van der Waals surface area contributed by atoms with E-state index in [9.17, 15) is 19.7 Å². The van der Waals surface area contributed by atoms with Crippen LogP contribution in [-0.4, -0.2) is 16.6 Å². The molecule has 0 fully saturated rings. The Hall–Kier alpha value is -5.04. The Labute approximate surface area is 231 Å². The summed E-state index contributed by atoms with van der Waals surface area (Å²) in [6.45, 7) is 2.03. The summed E-state index contributed by atoms with van der Waals surface area (Å²) in [5.74, 6) is -0.420. The predicted molar refractivity (Wildman–Crippen MR) is 154 cm³/mol. The highest BCUT2D eigenvalue weighted by molar-refractivity contribution is 6.12. The number of anilines is 2. The number of allylic oxidation sites excluding steroid dienone is 1. The number of nitro groups is 1. The Morgan fingerprint density at radius 1 is 0.875 bits per heavy atom. The average molecular weight is 530 g/mol. The Bertz CT molecular complexity index is 1660. The molecular weight excluding hydrogens is 502 g/mol. The summed E-state index contributed by atoms with van der Waals surface area (Å²) < 4.78 is 0. The first kappa shape index (κ1) is 25.2. The van der Waals surface area contributed by atoms with Crippen molar-refractivity contribution < 1.29 is 14.5 Å². The van der Waals surface area contributed by atoms with Crippen LogP contribution in [0.1, 0.15) is 51.8 Å². The van der Waals surface area contributed by atoms with Crippen molar-refractivity contribution in [3.63, 3.8) is 0 Å². The molecule has 1 heterocycles. The zero-order chi connectivity index (χ0) is 27.8. The molecule has 0 aromatic heterocycles. The highest BCUT2D eigenvalue weighted by Crippen LogP contribution is 2.48. The number of hydrogen-bond donors (Lipinski definition) is 1. The Morgan fingerprint density at radius 2 is 1.60 bits per heavy atom. The van der Waals surface area contributed by atoms with Crippen LogP contribution in [-0.2, 0) is 4.79 Å². The van der Waals surface area contributed by atoms with Gasteiger partial charge >= 0.3 is 0 Å². The van der Waals surface area contributed by atoms with E-state index in [1.807, 2.05) is 49.4 Å². The zero-order valence-electron chi connectivity index (χ0n) is 21.9. The third-order valence-corrected chi connectivity index (χ3v) is 7.67. The van der Waals surface area contributed by atoms with Gasteiger partial charge in [-0.25, -0.2) is 0 Å². The molecule has 4 aromatic rings. The molecule has 4 aromatic carbocycles. The van der Waals surface area contributed by atoms with E-state index < -0.39 is 11.0 Å². The molecule has 0 spiro atoms. The van der Waals surface area contributed by atoms with Gasteiger partial charge in [-0.05, 0) is 54.7 Å². The lowest BCUT2D eigenvalue weighted by atomic mass is 9.78. The van der Waals surface area contributed by atoms with Crippen LogP contribution in [0, 0.1) is 17.0 Å². The highest BCUT2D eigenvalue weighted by Gasteiger charge is 2.42. The number of amides is 1. The largest absolute Gasteiger partial charge is 0.357 e. The van der Waals surface area contributed by atoms with Crippen LogP contribution in [0.25, 0.3) is 0 Å². The fraction of sp³-hybridized carbons (Fsp3) is 0.152. The molecule has 1 amide bonds. The van der Waals surface area contributed by atoms with Gasteiger partial charge in [0, 0.05) is 35.4 Å². The third kappa shape index (κ3) is 4.56. The second-order valence-corrected chi connectivity index (χ2v) is 10.3. The number of ketones is 1. The molecule has 1 aliphatic heterocycles. The summed E-state index contributed by atoms with van der Waals surface area (Å²) in [5, 5.41) is 15.3. The van der Waals surface area contributed by atoms with Crippen molar-refractivity contribution in [2.45, 2.75) is 31.7 Å². The van der Waals surface area contributed by atoms with Crippen molar-refractivity contribution in [2.24, 2.45) is 0 Å². The first-order valence-electron chi connectivity index (χ1n) is 13.2. The minimum Gasteiger partial charge on any atom is -0.357 e. The maximum Gasteiger partial charge on any atom is 0.269 e. The summed E-state index contributed by atoms with van der Waals surface area (Å²) in [6.07, 6.45) is 0.843. The van der Waals surface area contributed by atoms with Crippen molar-refractivity contribution in [1.82, 2.24) is 0 Å². The molecule has 0 radical (unpaired) electrons. The van der Waals surface area contributed by atoms with Gasteiger partial charge in [0.05, 0.1) is 22.3 Å². The van der Waals surface area contributed by atoms with Crippen molar-refractivity contribution >= 4 is 28.8 Å². The number of benzene rings is 4. The molecule has 40 heavy (non-hydrogen) atoms. The number of carbonyl (C=O) groups is 2. The summed E-state index contributed by atoms with van der Waals surface area (Å²) in [6, 6.07) is 29.9. The van der Waals surface area contributed by atoms with Crippen LogP contribution in [0.4, 0.5) is 17.1 Å². The van der Waals surface area contributed by atoms with Crippen LogP contribution < -0.4 is 10.2 Å². The molecule has 0 saturated heterocycles. The van der Waals surface area contributed by atoms with E-state index in [4.69, 9.17) is 0 Å². The van der Waals surface area contributed by atoms with Gasteiger partial charge in [-0.1, -0.05) is 72.3 Å². The van der Waals surface area contributed by atoms with Crippen molar-refractivity contribution in [1.29, 1.82) is 0 Å². The molecule has 2 atom stereocenters. The van der Waals surface area contributed by atoms with E-state index in [-0.39, 0.29) is 29.7 Å². The number of nitrogens with one attached hydrogen (secondary N) is 1. The van der Waals surface area contributed by atoms with Crippen LogP contribution in [0.2, 0.25) is 0 Å². The number of aryl methyl sites for hydroxylation is 1. The Kier molecular flexibility index (Phi) is 6.48. The van der Waals surface area contributed by atoms with Gasteiger partial charge in [0.25, 0.3) is 11.6 Å². The lowest BCUT2D eigenvalue weighted by molar-refractivity contribution is -0.384. The number of fused-ring (bicyclic) bond motifs is 1. The summed E-state index contributed by atoms with van der Waals surface area (Å²) in [5.41, 5.74) is 5.58. The summed E-state index contributed by atoms with van der Waals surface area (Å²) in [4.78, 5) is 41.3. The molecule has 6 rings (SSSR count). The molecule has 7 heteroatoms. The number of carbonyl (C=O) groups excluding carboxylic acids is 2. The number of non-ortho nitro benzene ring substituents is 1. The van der Waals surface area contributed by atoms with E-state index in [1.165, 1.54) is 12.1 Å². The fourth-order valence-electron chi connectivity index (χ4n) is 5.73. The second kappa shape index (κ2) is 10.3. The monoisotopic (exact) mass is 529 g/mol. The number of rotatable bonds is 4. The minimum atomic E-state index is -0.856. The van der Waals surface area contributed by atoms with E-state index >= 15 is 0 Å². The quantitative estimate of drug-likeness (QED) is 0.224. The van der Waals surface area contributed by atoms with Crippen molar-refractivity contribution in [3.05, 3.63) is 147 Å². The lowest BCUT2D eigenvalue weighted by Crippen LogP contribution is -2.38. The lowest BCUT2D eigenvalue weighted by Gasteiger charge is -2.35. The van der Waals surface area contributed by atoms with Gasteiger partial charge in [0.15, 0.2) is 5.78 Å². The van der Waals surface area contributed by atoms with Crippen LogP contribution in [0.15, 0.2) is 114 Å². The molecule has 1 N–H and O–H groups in total. The van der Waals surface area contributed by atoms with E-state index in [2.05, 4.69) is 17.4 Å². The highest BCUT2D eigenvalue weighted by atomic mass is 16.6. The smallest absolute Gasteiger partial charge is 0.269 e. The number of nitro benzene ring substituents is 1. The average Bonchev–Trinajstić information content (AvgIpc) is 3.12. The van der Waals surface area contributed by atoms with Gasteiger partial charge in [-0.15, -0.1) is 0 Å². The van der Waals surface area contributed by atoms with E-state index in [0.29, 0.717) is 34.5 Å². The maximum atomic E-state index is 14.2. The molecule has 0 bridgehead atoms. The van der Waals surface area contributed by atoms with Gasteiger partial charge in [0.2, 0.25) is 0 Å². The van der Waals surface area contributed by atoms with Crippen LogP contribution >= 0.6 is 0 Å². The Balaban J connectivity index is 1.57. The second-order valence-electron chi connectivity index (χ2n) is 10.3. The van der Waals surface area contributed by atoms with Crippen LogP contribution in [0.5, 0.6) is 0 Å². The topological polar surface area (TPSA) is 92.6 Å². The number of Topliss-reactive ketones (excluding diaryl/α,β-unsaturated/α-hetero) is 1. The molecular formula is C33H27N3O4. The Morgan fingerprint density at radius 3 is 2.35 bits per heavy atom. The van der Waals surface area contributed by atoms with E-state index in [1.54, 1.807) is 41.3 Å². The summed E-state index contributed by atoms with van der Waals surface area (Å²) in [7, 11) is 0. The molecule has 1 aliphatic carbocycles. The SMILES string of the molecule is Cc1ccc([C@H]2CC(=O)C3=C(C2)Nc2ccccc2N(C(=O)c2ccccc2)[C@@H]3c2cccc([N+](=O)[O-])c2)cc1. The molecule has 7 nitrogen and oxygen atoms in total. The minimum absolute atomic E-state index is 0.0337. The van der Waals surface area contributed by atoms with Crippen molar-refractivity contribution in [2.75, 3.05) is 10.2 Å². The third-order valence-electron chi connectivity index (χ3n) is 7.67. The van der Waals surface area contributed by atoms with Crippen LogP contribution in [0.3, 0.4) is 0 Å². The first-order valence-corrected chi connectivity index (χ1v) is 13.2. The summed E-state index contributed by atoms with van der Waals surface area (Å²) >= 11 is 0. The van der Waals surface area contributed by atoms with E-state index in [0.717, 1.165) is 16.8 Å². The van der Waals surface area contributed by atoms with Gasteiger partial charge < -0.3 is 5.32 Å². The number of para-hydroxylation sites is 2. The normalized spacial score (nSPS) is 18.3. The maximum absolute atomic E-state index is 14.2. The molecule has 0 saturated carbocycles. The standard InChI is InChI=1S/C33H27N3O4/c1-21-14-16-22(17-15-21)25-19-28-31(30(37)20-25)32(24-10-7-11-26(18-24)36(39)40)35(29-13-6-5-12-27(29)34-28)33(38)23-8-3-2-4-9-23/h2-18,25,32,34H,19-20H2,1H3/t25-,32-/m1/s1. The molecule has 198 valence electrons. The fourth-order valence-corrected chi connectivity index (χ4v) is 5.73. The number of nitrogens with zero attached hydrogens (tertiary/aromatic N) is 2.